The third kappa shape index (κ3) is 1.79. The van der Waals surface area contributed by atoms with Crippen molar-refractivity contribution in [1.82, 2.24) is 0 Å². The number of nitrogens with two attached hydrogens (primary N) is 1. The molecule has 9 heavy (non-hydrogen) atoms. The Bertz CT molecular complexity index is 97.1. The van der Waals surface area contributed by atoms with Crippen LogP contribution in [0.3, 0.4) is 0 Å². The van der Waals surface area contributed by atoms with Crippen molar-refractivity contribution >= 4 is 6.21 Å². The summed E-state index contributed by atoms with van der Waals surface area (Å²) in [5.74, 6) is 0.835. The van der Waals surface area contributed by atoms with Crippen molar-refractivity contribution in [2.24, 2.45) is 11.7 Å². The molecule has 0 spiro atoms. The van der Waals surface area contributed by atoms with E-state index >= 15 is 0 Å². The SMILES string of the molecule is N=CC(N)CC1CCC1. The Morgan fingerprint density at radius 3 is 2.67 bits per heavy atom. The monoisotopic (exact) mass is 126 g/mol. The second-order valence-electron chi connectivity index (χ2n) is 2.86. The first-order valence-electron chi connectivity index (χ1n) is 3.59. The van der Waals surface area contributed by atoms with Crippen LogP contribution in [0.1, 0.15) is 25.7 Å². The predicted molar refractivity (Wildman–Crippen MR) is 38.7 cm³/mol. The Morgan fingerprint density at radius 1 is 1.67 bits per heavy atom. The van der Waals surface area contributed by atoms with Crippen LogP contribution in [0.4, 0.5) is 0 Å². The van der Waals surface area contributed by atoms with Crippen LogP contribution in [0.15, 0.2) is 0 Å². The van der Waals surface area contributed by atoms with Gasteiger partial charge in [0.15, 0.2) is 0 Å². The van der Waals surface area contributed by atoms with Gasteiger partial charge in [-0.25, -0.2) is 0 Å². The fourth-order valence-electron chi connectivity index (χ4n) is 1.18. The lowest BCUT2D eigenvalue weighted by Crippen LogP contribution is -2.27. The van der Waals surface area contributed by atoms with E-state index in [-0.39, 0.29) is 6.04 Å². The van der Waals surface area contributed by atoms with E-state index in [1.54, 1.807) is 0 Å². The van der Waals surface area contributed by atoms with E-state index < -0.39 is 0 Å². The van der Waals surface area contributed by atoms with Gasteiger partial charge in [-0.1, -0.05) is 19.3 Å². The molecule has 2 heteroatoms. The Balaban J connectivity index is 2.08. The minimum Gasteiger partial charge on any atom is -0.323 e. The molecular weight excluding hydrogens is 112 g/mol. The van der Waals surface area contributed by atoms with Gasteiger partial charge in [-0.05, 0) is 12.3 Å². The third-order valence-corrected chi connectivity index (χ3v) is 2.04. The summed E-state index contributed by atoms with van der Waals surface area (Å²) >= 11 is 0. The van der Waals surface area contributed by atoms with E-state index in [9.17, 15) is 0 Å². The zero-order chi connectivity index (χ0) is 6.69. The van der Waals surface area contributed by atoms with Crippen molar-refractivity contribution in [3.8, 4) is 0 Å². The van der Waals surface area contributed by atoms with E-state index in [1.165, 1.54) is 25.5 Å². The molecule has 0 bridgehead atoms. The zero-order valence-electron chi connectivity index (χ0n) is 5.64. The smallest absolute Gasteiger partial charge is 0.0395 e. The first kappa shape index (κ1) is 6.75. The van der Waals surface area contributed by atoms with Gasteiger partial charge in [0.05, 0.1) is 0 Å². The van der Waals surface area contributed by atoms with Gasteiger partial charge in [0.1, 0.15) is 0 Å². The highest BCUT2D eigenvalue weighted by molar-refractivity contribution is 5.60. The minimum atomic E-state index is 0.0234. The molecule has 0 amide bonds. The minimum absolute atomic E-state index is 0.0234. The molecule has 0 aromatic heterocycles. The van der Waals surface area contributed by atoms with E-state index in [0.717, 1.165) is 12.3 Å². The van der Waals surface area contributed by atoms with Crippen LogP contribution in [-0.2, 0) is 0 Å². The van der Waals surface area contributed by atoms with Crippen LogP contribution in [0.5, 0.6) is 0 Å². The molecule has 0 aromatic carbocycles. The predicted octanol–water partition coefficient (Wildman–Crippen LogP) is 1.15. The van der Waals surface area contributed by atoms with Crippen molar-refractivity contribution in [3.63, 3.8) is 0 Å². The first-order chi connectivity index (χ1) is 4.33. The largest absolute Gasteiger partial charge is 0.323 e. The van der Waals surface area contributed by atoms with Crippen LogP contribution in [-0.4, -0.2) is 12.3 Å². The zero-order valence-corrected chi connectivity index (χ0v) is 5.64. The maximum absolute atomic E-state index is 6.85. The van der Waals surface area contributed by atoms with Crippen LogP contribution < -0.4 is 5.73 Å². The summed E-state index contributed by atoms with van der Waals surface area (Å²) in [6.07, 6.45) is 6.42. The van der Waals surface area contributed by atoms with Gasteiger partial charge in [-0.3, -0.25) is 0 Å². The van der Waals surface area contributed by atoms with E-state index in [2.05, 4.69) is 0 Å². The number of hydrogen-bond donors (Lipinski definition) is 2. The summed E-state index contributed by atoms with van der Waals surface area (Å²) in [5, 5.41) is 6.85. The summed E-state index contributed by atoms with van der Waals surface area (Å²) in [6.45, 7) is 0. The van der Waals surface area contributed by atoms with Crippen molar-refractivity contribution in [2.75, 3.05) is 0 Å². The summed E-state index contributed by atoms with van der Waals surface area (Å²) in [6, 6.07) is 0.0234. The second kappa shape index (κ2) is 2.97. The van der Waals surface area contributed by atoms with Crippen LogP contribution in [0.25, 0.3) is 0 Å². The van der Waals surface area contributed by atoms with E-state index in [4.69, 9.17) is 11.1 Å². The van der Waals surface area contributed by atoms with Gasteiger partial charge in [0.25, 0.3) is 0 Å². The Labute approximate surface area is 55.9 Å². The van der Waals surface area contributed by atoms with Gasteiger partial charge in [0, 0.05) is 12.3 Å². The maximum atomic E-state index is 6.85. The average Bonchev–Trinajstić information content (AvgIpc) is 1.78. The Morgan fingerprint density at radius 2 is 2.33 bits per heavy atom. The highest BCUT2D eigenvalue weighted by atomic mass is 14.6. The molecule has 0 heterocycles. The van der Waals surface area contributed by atoms with Crippen molar-refractivity contribution in [1.29, 1.82) is 5.41 Å². The van der Waals surface area contributed by atoms with Gasteiger partial charge >= 0.3 is 0 Å². The molecule has 1 aliphatic carbocycles. The lowest BCUT2D eigenvalue weighted by Gasteiger charge is -2.26. The molecule has 52 valence electrons. The molecule has 1 rings (SSSR count). The van der Waals surface area contributed by atoms with E-state index in [1.807, 2.05) is 0 Å². The van der Waals surface area contributed by atoms with Crippen LogP contribution in [0.2, 0.25) is 0 Å². The molecule has 1 unspecified atom stereocenters. The standard InChI is InChI=1S/C7H14N2/c8-5-7(9)4-6-2-1-3-6/h5-8H,1-4,9H2. The molecule has 0 aliphatic heterocycles. The number of rotatable bonds is 3. The van der Waals surface area contributed by atoms with Gasteiger partial charge in [0.2, 0.25) is 0 Å². The summed E-state index contributed by atoms with van der Waals surface area (Å²) in [7, 11) is 0. The van der Waals surface area contributed by atoms with Crippen LogP contribution >= 0.6 is 0 Å². The molecule has 1 saturated carbocycles. The number of nitrogens with one attached hydrogen (secondary N) is 1. The van der Waals surface area contributed by atoms with Gasteiger partial charge < -0.3 is 11.1 Å². The molecular formula is C7H14N2. The van der Waals surface area contributed by atoms with Crippen molar-refractivity contribution < 1.29 is 0 Å². The van der Waals surface area contributed by atoms with Gasteiger partial charge in [-0.2, -0.15) is 0 Å². The quantitative estimate of drug-likeness (QED) is 0.547. The molecule has 0 saturated heterocycles. The fourth-order valence-corrected chi connectivity index (χ4v) is 1.18. The molecule has 0 aromatic rings. The van der Waals surface area contributed by atoms with Crippen molar-refractivity contribution in [2.45, 2.75) is 31.7 Å². The molecule has 0 radical (unpaired) electrons. The van der Waals surface area contributed by atoms with E-state index in [0.29, 0.717) is 0 Å². The Kier molecular flexibility index (Phi) is 2.22. The molecule has 2 nitrogen and oxygen atoms in total. The third-order valence-electron chi connectivity index (χ3n) is 2.04. The fraction of sp³-hybridized carbons (Fsp3) is 0.857. The summed E-state index contributed by atoms with van der Waals surface area (Å²) < 4.78 is 0. The molecule has 3 N–H and O–H groups in total. The second-order valence-corrected chi connectivity index (χ2v) is 2.86. The molecule has 1 aliphatic rings. The van der Waals surface area contributed by atoms with Crippen molar-refractivity contribution in [3.05, 3.63) is 0 Å². The number of hydrogen-bond acceptors (Lipinski definition) is 2. The average molecular weight is 126 g/mol. The lowest BCUT2D eigenvalue weighted by molar-refractivity contribution is 0.291. The summed E-state index contributed by atoms with van der Waals surface area (Å²) in [5.41, 5.74) is 5.54. The Hall–Kier alpha value is -0.370. The highest BCUT2D eigenvalue weighted by Gasteiger charge is 2.18. The molecule has 1 fully saturated rings. The topological polar surface area (TPSA) is 49.9 Å². The molecule has 1 atom stereocenters. The normalized spacial score (nSPS) is 22.8. The first-order valence-corrected chi connectivity index (χ1v) is 3.59. The summed E-state index contributed by atoms with van der Waals surface area (Å²) in [4.78, 5) is 0. The van der Waals surface area contributed by atoms with Crippen LogP contribution in [0, 0.1) is 11.3 Å². The van der Waals surface area contributed by atoms with Gasteiger partial charge in [-0.15, -0.1) is 0 Å². The highest BCUT2D eigenvalue weighted by Crippen LogP contribution is 2.29. The maximum Gasteiger partial charge on any atom is 0.0395 e. The lowest BCUT2D eigenvalue weighted by atomic mass is 9.81.